The minimum Gasteiger partial charge on any atom is -0.487 e. The minimum absolute atomic E-state index is 0.0536. The predicted octanol–water partition coefficient (Wildman–Crippen LogP) is 3.88. The summed E-state index contributed by atoms with van der Waals surface area (Å²) in [4.78, 5) is 18.6. The van der Waals surface area contributed by atoms with Gasteiger partial charge in [-0.1, -0.05) is 23.9 Å². The van der Waals surface area contributed by atoms with Gasteiger partial charge < -0.3 is 20.3 Å². The molecule has 1 aliphatic heterocycles. The lowest BCUT2D eigenvalue weighted by atomic mass is 10.1. The zero-order chi connectivity index (χ0) is 24.4. The molecule has 0 aliphatic carbocycles. The number of nitrogens with one attached hydrogen (secondary N) is 2. The van der Waals surface area contributed by atoms with Crippen molar-refractivity contribution in [2.24, 2.45) is 0 Å². The molecule has 0 spiro atoms. The molecule has 10 heteroatoms. The van der Waals surface area contributed by atoms with Gasteiger partial charge in [0, 0.05) is 30.4 Å². The van der Waals surface area contributed by atoms with E-state index in [2.05, 4.69) is 44.5 Å². The van der Waals surface area contributed by atoms with Gasteiger partial charge in [-0.05, 0) is 49.9 Å². The number of benzene rings is 2. The molecule has 0 saturated carbocycles. The van der Waals surface area contributed by atoms with Gasteiger partial charge in [-0.2, -0.15) is 0 Å². The van der Waals surface area contributed by atoms with Crippen LogP contribution in [0.5, 0.6) is 5.75 Å². The number of anilines is 3. The van der Waals surface area contributed by atoms with Crippen LogP contribution in [0, 0.1) is 5.82 Å². The summed E-state index contributed by atoms with van der Waals surface area (Å²) in [6.07, 6.45) is 3.71. The van der Waals surface area contributed by atoms with Crippen molar-refractivity contribution in [3.63, 3.8) is 0 Å². The number of likely N-dealkylation sites (tertiary alicyclic amines) is 1. The molecular weight excluding hydrogens is 449 g/mol. The third-order valence-electron chi connectivity index (χ3n) is 5.75. The molecular formula is C25H24FN7O2. The van der Waals surface area contributed by atoms with E-state index in [1.165, 1.54) is 29.1 Å². The van der Waals surface area contributed by atoms with Crippen LogP contribution in [0.25, 0.3) is 16.8 Å². The highest BCUT2D eigenvalue weighted by Gasteiger charge is 2.22. The maximum Gasteiger partial charge on any atom is 0.247 e. The van der Waals surface area contributed by atoms with Crippen molar-refractivity contribution in [2.45, 2.75) is 12.5 Å². The molecule has 2 aromatic carbocycles. The summed E-state index contributed by atoms with van der Waals surface area (Å²) in [5, 5.41) is 14.3. The van der Waals surface area contributed by atoms with Crippen molar-refractivity contribution in [3.8, 4) is 17.0 Å². The fourth-order valence-corrected chi connectivity index (χ4v) is 4.02. The lowest BCUT2D eigenvalue weighted by Crippen LogP contribution is -2.22. The number of hydrogen-bond donors (Lipinski definition) is 2. The SMILES string of the molecule is C=CC(=O)Nc1cc(Nc2cc3c(-c4cccc(F)c4)nnn3cn2)ccc1OC1CCN(C)C1. The van der Waals surface area contributed by atoms with Gasteiger partial charge in [0.05, 0.1) is 11.2 Å². The second-order valence-corrected chi connectivity index (χ2v) is 8.37. The molecule has 3 heterocycles. The summed E-state index contributed by atoms with van der Waals surface area (Å²) in [5.41, 5.74) is 3.04. The van der Waals surface area contributed by atoms with Gasteiger partial charge in [0.2, 0.25) is 5.91 Å². The van der Waals surface area contributed by atoms with Crippen LogP contribution in [-0.2, 0) is 4.79 Å². The quantitative estimate of drug-likeness (QED) is 0.393. The third-order valence-corrected chi connectivity index (χ3v) is 5.75. The molecule has 1 atom stereocenters. The van der Waals surface area contributed by atoms with E-state index in [1.54, 1.807) is 24.3 Å². The van der Waals surface area contributed by atoms with Crippen molar-refractivity contribution < 1.29 is 13.9 Å². The fraction of sp³-hybridized carbons (Fsp3) is 0.200. The molecule has 0 bridgehead atoms. The number of nitrogens with zero attached hydrogens (tertiary/aromatic N) is 5. The Morgan fingerprint density at radius 3 is 2.91 bits per heavy atom. The highest BCUT2D eigenvalue weighted by atomic mass is 19.1. The molecule has 1 saturated heterocycles. The third kappa shape index (κ3) is 4.97. The first-order valence-electron chi connectivity index (χ1n) is 11.1. The molecule has 1 unspecified atom stereocenters. The van der Waals surface area contributed by atoms with E-state index in [0.29, 0.717) is 39.7 Å². The van der Waals surface area contributed by atoms with Gasteiger partial charge in [-0.15, -0.1) is 5.10 Å². The van der Waals surface area contributed by atoms with E-state index in [0.717, 1.165) is 19.5 Å². The fourth-order valence-electron chi connectivity index (χ4n) is 4.02. The molecule has 1 aliphatic rings. The average molecular weight is 474 g/mol. The number of amides is 1. The molecule has 4 aromatic rings. The van der Waals surface area contributed by atoms with Crippen molar-refractivity contribution in [3.05, 3.63) is 73.3 Å². The Balaban J connectivity index is 1.43. The van der Waals surface area contributed by atoms with Gasteiger partial charge >= 0.3 is 0 Å². The number of hydrogen-bond acceptors (Lipinski definition) is 7. The van der Waals surface area contributed by atoms with Crippen LogP contribution in [0.1, 0.15) is 6.42 Å². The van der Waals surface area contributed by atoms with Crippen LogP contribution >= 0.6 is 0 Å². The molecule has 9 nitrogen and oxygen atoms in total. The highest BCUT2D eigenvalue weighted by molar-refractivity contribution is 6.00. The topological polar surface area (TPSA) is 96.7 Å². The number of carbonyl (C=O) groups is 1. The summed E-state index contributed by atoms with van der Waals surface area (Å²) >= 11 is 0. The first-order valence-corrected chi connectivity index (χ1v) is 11.1. The van der Waals surface area contributed by atoms with Crippen LogP contribution in [-0.4, -0.2) is 56.9 Å². The van der Waals surface area contributed by atoms with Gasteiger partial charge in [0.15, 0.2) is 0 Å². The predicted molar refractivity (Wildman–Crippen MR) is 131 cm³/mol. The van der Waals surface area contributed by atoms with Crippen LogP contribution in [0.3, 0.4) is 0 Å². The highest BCUT2D eigenvalue weighted by Crippen LogP contribution is 2.32. The summed E-state index contributed by atoms with van der Waals surface area (Å²) < 4.78 is 21.4. The van der Waals surface area contributed by atoms with Gasteiger partial charge in [0.1, 0.15) is 35.5 Å². The Labute approximate surface area is 201 Å². The van der Waals surface area contributed by atoms with E-state index >= 15 is 0 Å². The first kappa shape index (κ1) is 22.5. The average Bonchev–Trinajstić information content (AvgIpc) is 3.46. The second-order valence-electron chi connectivity index (χ2n) is 8.37. The summed E-state index contributed by atoms with van der Waals surface area (Å²) in [6.45, 7) is 5.32. The first-order chi connectivity index (χ1) is 17.0. The van der Waals surface area contributed by atoms with Crippen LogP contribution < -0.4 is 15.4 Å². The number of halogens is 1. The largest absolute Gasteiger partial charge is 0.487 e. The molecule has 178 valence electrons. The van der Waals surface area contributed by atoms with Gasteiger partial charge in [-0.3, -0.25) is 4.79 Å². The van der Waals surface area contributed by atoms with Crippen molar-refractivity contribution in [1.82, 2.24) is 24.7 Å². The van der Waals surface area contributed by atoms with Gasteiger partial charge in [0.25, 0.3) is 0 Å². The zero-order valence-corrected chi connectivity index (χ0v) is 19.1. The Hall–Kier alpha value is -4.31. The van der Waals surface area contributed by atoms with Crippen molar-refractivity contribution in [1.29, 1.82) is 0 Å². The van der Waals surface area contributed by atoms with E-state index in [1.807, 2.05) is 12.1 Å². The van der Waals surface area contributed by atoms with E-state index in [4.69, 9.17) is 4.74 Å². The van der Waals surface area contributed by atoms with E-state index in [9.17, 15) is 9.18 Å². The van der Waals surface area contributed by atoms with E-state index < -0.39 is 0 Å². The lowest BCUT2D eigenvalue weighted by Gasteiger charge is -2.18. The maximum absolute atomic E-state index is 13.7. The van der Waals surface area contributed by atoms with E-state index in [-0.39, 0.29) is 17.8 Å². The number of fused-ring (bicyclic) bond motifs is 1. The standard InChI is InChI=1S/C25H24FN7O2/c1-3-24(34)29-20-12-18(7-8-22(20)35-19-9-10-32(2)14-19)28-23-13-21-25(30-31-33(21)15-27-23)16-5-4-6-17(26)11-16/h3-8,11-13,15,19,28H,1,9-10,14H2,2H3,(H,29,34). The number of rotatable bonds is 7. The van der Waals surface area contributed by atoms with Crippen LogP contribution in [0.2, 0.25) is 0 Å². The van der Waals surface area contributed by atoms with Crippen molar-refractivity contribution >= 4 is 28.6 Å². The Morgan fingerprint density at radius 1 is 1.26 bits per heavy atom. The zero-order valence-electron chi connectivity index (χ0n) is 19.1. The molecule has 0 radical (unpaired) electrons. The second kappa shape index (κ2) is 9.51. The van der Waals surface area contributed by atoms with Gasteiger partial charge in [-0.25, -0.2) is 13.9 Å². The van der Waals surface area contributed by atoms with Crippen molar-refractivity contribution in [2.75, 3.05) is 30.8 Å². The molecule has 35 heavy (non-hydrogen) atoms. The lowest BCUT2D eigenvalue weighted by molar-refractivity contribution is -0.111. The molecule has 1 fully saturated rings. The smallest absolute Gasteiger partial charge is 0.247 e. The molecule has 2 N–H and O–H groups in total. The number of carbonyl (C=O) groups excluding carboxylic acids is 1. The molecule has 5 rings (SSSR count). The summed E-state index contributed by atoms with van der Waals surface area (Å²) in [5.74, 6) is 0.434. The molecule has 1 amide bonds. The molecule has 2 aromatic heterocycles. The summed E-state index contributed by atoms with van der Waals surface area (Å²) in [7, 11) is 2.05. The number of likely N-dealkylation sites (N-methyl/N-ethyl adjacent to an activating group) is 1. The normalized spacial score (nSPS) is 15.8. The number of ether oxygens (including phenoxy) is 1. The number of aromatic nitrogens is 4. The summed E-state index contributed by atoms with van der Waals surface area (Å²) in [6, 6.07) is 13.4. The minimum atomic E-state index is -0.350. The Morgan fingerprint density at radius 2 is 2.14 bits per heavy atom. The Bertz CT molecular complexity index is 1400. The van der Waals surface area contributed by atoms with Crippen LogP contribution in [0.4, 0.5) is 21.6 Å². The maximum atomic E-state index is 13.7. The van der Waals surface area contributed by atoms with Crippen LogP contribution in [0.15, 0.2) is 67.5 Å². The Kier molecular flexibility index (Phi) is 6.11. The monoisotopic (exact) mass is 473 g/mol.